The van der Waals surface area contributed by atoms with Gasteiger partial charge in [-0.3, -0.25) is 0 Å². The molecule has 0 aliphatic heterocycles. The molecule has 1 atom stereocenters. The lowest BCUT2D eigenvalue weighted by Gasteiger charge is -2.04. The van der Waals surface area contributed by atoms with Crippen LogP contribution in [0.15, 0.2) is 24.3 Å². The first-order valence-electron chi connectivity index (χ1n) is 4.32. The standard InChI is InChI=1S/C8H10O2.C2H5OP/c1-9-7-5-3-4-6-8(7)10-2;1-2-4-3/h3-6H,1-2H3;2H2,1H3/p+1. The minimum absolute atomic E-state index is 0.110. The zero-order chi connectivity index (χ0) is 10.8. The third kappa shape index (κ3) is 4.83. The summed E-state index contributed by atoms with van der Waals surface area (Å²) >= 11 is 0. The third-order valence-electron chi connectivity index (χ3n) is 1.43. The van der Waals surface area contributed by atoms with Gasteiger partial charge < -0.3 is 9.47 Å². The van der Waals surface area contributed by atoms with Crippen LogP contribution in [-0.4, -0.2) is 20.4 Å². The van der Waals surface area contributed by atoms with E-state index in [4.69, 9.17) is 9.47 Å². The second-order valence-electron chi connectivity index (χ2n) is 2.35. The highest BCUT2D eigenvalue weighted by molar-refractivity contribution is 7.23. The first-order valence-corrected chi connectivity index (χ1v) is 5.43. The molecule has 0 bridgehead atoms. The van der Waals surface area contributed by atoms with Crippen molar-refractivity contribution in [1.29, 1.82) is 0 Å². The number of ether oxygens (including phenoxy) is 2. The van der Waals surface area contributed by atoms with Gasteiger partial charge in [-0.25, -0.2) is 0 Å². The van der Waals surface area contributed by atoms with Gasteiger partial charge in [0.2, 0.25) is 0 Å². The number of hydrogen-bond acceptors (Lipinski definition) is 3. The Labute approximate surface area is 86.2 Å². The summed E-state index contributed by atoms with van der Waals surface area (Å²) in [5.74, 6) is 1.54. The summed E-state index contributed by atoms with van der Waals surface area (Å²) in [6.07, 6.45) is 0.792. The van der Waals surface area contributed by atoms with Crippen LogP contribution in [0.4, 0.5) is 0 Å². The van der Waals surface area contributed by atoms with Crippen molar-refractivity contribution in [1.82, 2.24) is 0 Å². The van der Waals surface area contributed by atoms with E-state index in [2.05, 4.69) is 0 Å². The van der Waals surface area contributed by atoms with Gasteiger partial charge in [-0.15, -0.1) is 0 Å². The Morgan fingerprint density at radius 3 is 1.71 bits per heavy atom. The zero-order valence-electron chi connectivity index (χ0n) is 8.74. The average Bonchev–Trinajstić information content (AvgIpc) is 2.29. The van der Waals surface area contributed by atoms with Gasteiger partial charge in [0.05, 0.1) is 14.2 Å². The van der Waals surface area contributed by atoms with E-state index in [1.54, 1.807) is 14.2 Å². The van der Waals surface area contributed by atoms with Gasteiger partial charge >= 0.3 is 8.46 Å². The maximum Gasteiger partial charge on any atom is 0.324 e. The second kappa shape index (κ2) is 8.52. The molecule has 0 aliphatic carbocycles. The van der Waals surface area contributed by atoms with Crippen LogP contribution >= 0.6 is 8.46 Å². The summed E-state index contributed by atoms with van der Waals surface area (Å²) in [6.45, 7) is 1.88. The summed E-state index contributed by atoms with van der Waals surface area (Å²) in [5.41, 5.74) is 0. The van der Waals surface area contributed by atoms with Crippen molar-refractivity contribution in [3.63, 3.8) is 0 Å². The summed E-state index contributed by atoms with van der Waals surface area (Å²) in [4.78, 5) is 0. The summed E-state index contributed by atoms with van der Waals surface area (Å²) in [6, 6.07) is 7.53. The zero-order valence-corrected chi connectivity index (χ0v) is 9.74. The molecule has 78 valence electrons. The van der Waals surface area contributed by atoms with Crippen LogP contribution in [0.25, 0.3) is 0 Å². The number of methoxy groups -OCH3 is 2. The smallest absolute Gasteiger partial charge is 0.324 e. The van der Waals surface area contributed by atoms with E-state index in [1.165, 1.54) is 0 Å². The quantitative estimate of drug-likeness (QED) is 0.727. The van der Waals surface area contributed by atoms with Crippen molar-refractivity contribution in [2.75, 3.05) is 20.4 Å². The van der Waals surface area contributed by atoms with Crippen molar-refractivity contribution in [2.24, 2.45) is 0 Å². The van der Waals surface area contributed by atoms with E-state index >= 15 is 0 Å². The van der Waals surface area contributed by atoms with Crippen LogP contribution in [0, 0.1) is 0 Å². The molecule has 1 aromatic carbocycles. The summed E-state index contributed by atoms with van der Waals surface area (Å²) in [7, 11) is 3.14. The normalized spacial score (nSPS) is 8.79. The van der Waals surface area contributed by atoms with Crippen molar-refractivity contribution in [2.45, 2.75) is 6.92 Å². The van der Waals surface area contributed by atoms with Gasteiger partial charge in [0, 0.05) is 0 Å². The van der Waals surface area contributed by atoms with Gasteiger partial charge in [0.25, 0.3) is 0 Å². The lowest BCUT2D eigenvalue weighted by atomic mass is 10.3. The van der Waals surface area contributed by atoms with Crippen molar-refractivity contribution in [3.8, 4) is 11.5 Å². The van der Waals surface area contributed by atoms with E-state index in [0.29, 0.717) is 0 Å². The lowest BCUT2D eigenvalue weighted by molar-refractivity contribution is 0.355. The molecule has 4 heteroatoms. The molecule has 0 amide bonds. The van der Waals surface area contributed by atoms with Crippen LogP contribution in [0.1, 0.15) is 6.92 Å². The van der Waals surface area contributed by atoms with Gasteiger partial charge in [-0.1, -0.05) is 16.7 Å². The first kappa shape index (κ1) is 12.9. The molecule has 0 fully saturated rings. The number of para-hydroxylation sites is 2. The SMILES string of the molecule is CC[PH+]=O.COc1ccccc1OC. The van der Waals surface area contributed by atoms with E-state index in [9.17, 15) is 4.57 Å². The molecule has 0 radical (unpaired) electrons. The largest absolute Gasteiger partial charge is 0.493 e. The highest BCUT2D eigenvalue weighted by Gasteiger charge is 1.97. The monoisotopic (exact) mass is 215 g/mol. The van der Waals surface area contributed by atoms with Crippen molar-refractivity contribution in [3.05, 3.63) is 24.3 Å². The van der Waals surface area contributed by atoms with Crippen molar-refractivity contribution >= 4 is 8.46 Å². The molecule has 0 aliphatic rings. The minimum Gasteiger partial charge on any atom is -0.493 e. The molecule has 0 spiro atoms. The summed E-state index contributed by atoms with van der Waals surface area (Å²) in [5, 5.41) is 0. The fourth-order valence-electron chi connectivity index (χ4n) is 0.787. The Kier molecular flexibility index (Phi) is 7.86. The highest BCUT2D eigenvalue weighted by atomic mass is 31.1. The highest BCUT2D eigenvalue weighted by Crippen LogP contribution is 2.24. The Morgan fingerprint density at radius 1 is 1.14 bits per heavy atom. The number of hydrogen-bond donors (Lipinski definition) is 0. The number of benzene rings is 1. The van der Waals surface area contributed by atoms with E-state index < -0.39 is 0 Å². The summed E-state index contributed by atoms with van der Waals surface area (Å²) < 4.78 is 19.3. The molecule has 0 saturated carbocycles. The second-order valence-corrected chi connectivity index (χ2v) is 3.35. The lowest BCUT2D eigenvalue weighted by Crippen LogP contribution is -1.88. The fraction of sp³-hybridized carbons (Fsp3) is 0.400. The van der Waals surface area contributed by atoms with Gasteiger partial charge in [-0.05, 0) is 19.1 Å². The van der Waals surface area contributed by atoms with E-state index in [-0.39, 0.29) is 8.46 Å². The molecular formula is C10H16O3P+. The number of rotatable bonds is 3. The first-order chi connectivity index (χ1) is 6.79. The van der Waals surface area contributed by atoms with Crippen LogP contribution in [0.5, 0.6) is 11.5 Å². The van der Waals surface area contributed by atoms with Crippen LogP contribution in [0.3, 0.4) is 0 Å². The minimum atomic E-state index is -0.110. The maximum atomic E-state index is 9.33. The van der Waals surface area contributed by atoms with Gasteiger partial charge in [-0.2, -0.15) is 0 Å². The molecular weight excluding hydrogens is 199 g/mol. The Morgan fingerprint density at radius 2 is 1.50 bits per heavy atom. The van der Waals surface area contributed by atoms with Crippen LogP contribution in [-0.2, 0) is 4.57 Å². The van der Waals surface area contributed by atoms with Crippen LogP contribution in [0.2, 0.25) is 0 Å². The molecule has 1 aromatic rings. The predicted molar refractivity (Wildman–Crippen MR) is 59.1 cm³/mol. The molecule has 0 N–H and O–H groups in total. The van der Waals surface area contributed by atoms with E-state index in [1.807, 2.05) is 31.2 Å². The average molecular weight is 215 g/mol. The maximum absolute atomic E-state index is 9.33. The molecule has 0 saturated heterocycles. The Balaban J connectivity index is 0.000000364. The Hall–Kier alpha value is -1.08. The predicted octanol–water partition coefficient (Wildman–Crippen LogP) is 2.73. The molecule has 1 unspecified atom stereocenters. The topological polar surface area (TPSA) is 35.5 Å². The third-order valence-corrected chi connectivity index (χ3v) is 1.72. The molecule has 3 nitrogen and oxygen atoms in total. The van der Waals surface area contributed by atoms with Crippen molar-refractivity contribution < 1.29 is 14.0 Å². The molecule has 0 aromatic heterocycles. The Bertz CT molecular complexity index is 240. The molecule has 0 heterocycles. The molecule has 14 heavy (non-hydrogen) atoms. The van der Waals surface area contributed by atoms with Crippen LogP contribution < -0.4 is 9.47 Å². The fourth-order valence-corrected chi connectivity index (χ4v) is 0.787. The van der Waals surface area contributed by atoms with Gasteiger partial charge in [0.15, 0.2) is 11.5 Å². The van der Waals surface area contributed by atoms with E-state index in [0.717, 1.165) is 17.7 Å². The van der Waals surface area contributed by atoms with Gasteiger partial charge in [0.1, 0.15) is 6.16 Å². The molecule has 1 rings (SSSR count).